The van der Waals surface area contributed by atoms with Gasteiger partial charge in [0.2, 0.25) is 6.79 Å². The molecule has 0 bridgehead atoms. The van der Waals surface area contributed by atoms with Crippen LogP contribution >= 0.6 is 11.3 Å². The Bertz CT molecular complexity index is 570. The second-order valence-electron chi connectivity index (χ2n) is 4.18. The number of rotatable bonds is 1. The van der Waals surface area contributed by atoms with Gasteiger partial charge in [0, 0.05) is 10.4 Å². The number of aromatic nitrogens is 1. The molecule has 17 heavy (non-hydrogen) atoms. The molecule has 88 valence electrons. The fourth-order valence-electron chi connectivity index (χ4n) is 1.86. The maximum absolute atomic E-state index is 5.41. The number of nitrogens with zero attached hydrogens (tertiary/aromatic N) is 1. The van der Waals surface area contributed by atoms with E-state index < -0.39 is 0 Å². The van der Waals surface area contributed by atoms with Gasteiger partial charge in [-0.25, -0.2) is 4.98 Å². The second kappa shape index (κ2) is 3.74. The van der Waals surface area contributed by atoms with Crippen LogP contribution in [0.4, 0.5) is 0 Å². The first-order chi connectivity index (χ1) is 8.15. The fourth-order valence-corrected chi connectivity index (χ4v) is 2.86. The van der Waals surface area contributed by atoms with Crippen LogP contribution in [-0.2, 0) is 0 Å². The van der Waals surface area contributed by atoms with Gasteiger partial charge in [-0.1, -0.05) is 0 Å². The van der Waals surface area contributed by atoms with Crippen LogP contribution in [0, 0.1) is 20.8 Å². The van der Waals surface area contributed by atoms with Crippen LogP contribution in [0.3, 0.4) is 0 Å². The van der Waals surface area contributed by atoms with Gasteiger partial charge < -0.3 is 9.47 Å². The van der Waals surface area contributed by atoms with E-state index in [-0.39, 0.29) is 0 Å². The van der Waals surface area contributed by atoms with Gasteiger partial charge in [-0.05, 0) is 38.5 Å². The Labute approximate surface area is 104 Å². The smallest absolute Gasteiger partial charge is 0.231 e. The van der Waals surface area contributed by atoms with Gasteiger partial charge in [-0.3, -0.25) is 0 Å². The minimum Gasteiger partial charge on any atom is -0.454 e. The highest BCUT2D eigenvalue weighted by atomic mass is 32.1. The number of ether oxygens (including phenoxy) is 2. The van der Waals surface area contributed by atoms with E-state index in [0.717, 1.165) is 27.8 Å². The summed E-state index contributed by atoms with van der Waals surface area (Å²) in [5, 5.41) is 1.05. The second-order valence-corrected chi connectivity index (χ2v) is 5.38. The zero-order valence-corrected chi connectivity index (χ0v) is 10.9. The van der Waals surface area contributed by atoms with Gasteiger partial charge in [-0.15, -0.1) is 11.3 Å². The molecule has 3 nitrogen and oxygen atoms in total. The lowest BCUT2D eigenvalue weighted by atomic mass is 10.1. The van der Waals surface area contributed by atoms with Crippen molar-refractivity contribution in [2.45, 2.75) is 20.8 Å². The van der Waals surface area contributed by atoms with Crippen LogP contribution in [-0.4, -0.2) is 11.8 Å². The number of fused-ring (bicyclic) bond motifs is 1. The highest BCUT2D eigenvalue weighted by molar-refractivity contribution is 7.15. The number of benzene rings is 1. The van der Waals surface area contributed by atoms with E-state index in [0.29, 0.717) is 6.79 Å². The minimum atomic E-state index is 0.314. The number of aryl methyl sites for hydroxylation is 3. The Morgan fingerprint density at radius 3 is 2.47 bits per heavy atom. The van der Waals surface area contributed by atoms with Crippen molar-refractivity contribution in [3.63, 3.8) is 0 Å². The van der Waals surface area contributed by atoms with Crippen LogP contribution in [0.15, 0.2) is 12.1 Å². The molecule has 0 aliphatic carbocycles. The van der Waals surface area contributed by atoms with Crippen LogP contribution in [0.5, 0.6) is 11.5 Å². The fraction of sp³-hybridized carbons (Fsp3) is 0.308. The molecule has 0 spiro atoms. The third-order valence-electron chi connectivity index (χ3n) is 2.98. The lowest BCUT2D eigenvalue weighted by Crippen LogP contribution is -1.92. The highest BCUT2D eigenvalue weighted by Crippen LogP contribution is 2.39. The summed E-state index contributed by atoms with van der Waals surface area (Å²) in [4.78, 5) is 5.85. The van der Waals surface area contributed by atoms with E-state index in [1.54, 1.807) is 11.3 Å². The number of hydrogen-bond acceptors (Lipinski definition) is 4. The molecule has 3 rings (SSSR count). The SMILES string of the molecule is Cc1cc2c(cc1-c1nc(C)c(C)s1)OCO2. The van der Waals surface area contributed by atoms with Crippen molar-refractivity contribution in [1.82, 2.24) is 4.98 Å². The molecule has 4 heteroatoms. The largest absolute Gasteiger partial charge is 0.454 e. The molecule has 1 aliphatic heterocycles. The normalized spacial score (nSPS) is 13.1. The van der Waals surface area contributed by atoms with Crippen molar-refractivity contribution >= 4 is 11.3 Å². The van der Waals surface area contributed by atoms with Gasteiger partial charge in [-0.2, -0.15) is 0 Å². The lowest BCUT2D eigenvalue weighted by molar-refractivity contribution is 0.174. The standard InChI is InChI=1S/C13H13NO2S/c1-7-4-11-12(16-6-15-11)5-10(7)13-14-8(2)9(3)17-13/h4-5H,6H2,1-3H3. The maximum atomic E-state index is 5.41. The van der Waals surface area contributed by atoms with Crippen LogP contribution in [0.25, 0.3) is 10.6 Å². The summed E-state index contributed by atoms with van der Waals surface area (Å²) in [5.41, 5.74) is 3.40. The zero-order valence-electron chi connectivity index (χ0n) is 10.0. The molecule has 0 amide bonds. The van der Waals surface area contributed by atoms with Crippen molar-refractivity contribution in [3.8, 4) is 22.1 Å². The molecule has 0 radical (unpaired) electrons. The Morgan fingerprint density at radius 2 is 1.82 bits per heavy atom. The Balaban J connectivity index is 2.14. The molecular weight excluding hydrogens is 234 g/mol. The summed E-state index contributed by atoms with van der Waals surface area (Å²) in [6, 6.07) is 4.04. The average molecular weight is 247 g/mol. The predicted octanol–water partition coefficient (Wildman–Crippen LogP) is 3.46. The van der Waals surface area contributed by atoms with E-state index in [9.17, 15) is 0 Å². The quantitative estimate of drug-likeness (QED) is 0.773. The average Bonchev–Trinajstić information content (AvgIpc) is 2.85. The molecule has 0 saturated carbocycles. The number of hydrogen-bond donors (Lipinski definition) is 0. The third-order valence-corrected chi connectivity index (χ3v) is 4.08. The van der Waals surface area contributed by atoms with Crippen molar-refractivity contribution in [2.75, 3.05) is 6.79 Å². The van der Waals surface area contributed by atoms with Crippen LogP contribution < -0.4 is 9.47 Å². The molecule has 2 aromatic rings. The predicted molar refractivity (Wildman–Crippen MR) is 67.9 cm³/mol. The maximum Gasteiger partial charge on any atom is 0.231 e. The summed E-state index contributed by atoms with van der Waals surface area (Å²) in [6.45, 7) is 6.52. The molecule has 0 saturated heterocycles. The monoisotopic (exact) mass is 247 g/mol. The van der Waals surface area contributed by atoms with Gasteiger partial charge in [0.1, 0.15) is 5.01 Å². The summed E-state index contributed by atoms with van der Waals surface area (Å²) in [6.07, 6.45) is 0. The molecule has 1 aliphatic rings. The summed E-state index contributed by atoms with van der Waals surface area (Å²) < 4.78 is 10.8. The summed E-state index contributed by atoms with van der Waals surface area (Å²) >= 11 is 1.72. The van der Waals surface area contributed by atoms with E-state index >= 15 is 0 Å². The first kappa shape index (κ1) is 10.6. The van der Waals surface area contributed by atoms with E-state index in [2.05, 4.69) is 18.8 Å². The molecule has 1 aromatic carbocycles. The Morgan fingerprint density at radius 1 is 1.12 bits per heavy atom. The number of thiazole rings is 1. The summed E-state index contributed by atoms with van der Waals surface area (Å²) in [5.74, 6) is 1.65. The van der Waals surface area contributed by atoms with Crippen molar-refractivity contribution < 1.29 is 9.47 Å². The van der Waals surface area contributed by atoms with Crippen LogP contribution in [0.2, 0.25) is 0 Å². The van der Waals surface area contributed by atoms with E-state index in [4.69, 9.17) is 9.47 Å². The highest BCUT2D eigenvalue weighted by Gasteiger charge is 2.18. The molecule has 1 aromatic heterocycles. The van der Waals surface area contributed by atoms with Gasteiger partial charge in [0.25, 0.3) is 0 Å². The topological polar surface area (TPSA) is 31.4 Å². The van der Waals surface area contributed by atoms with Gasteiger partial charge in [0.05, 0.1) is 5.69 Å². The molecule has 0 atom stereocenters. The molecule has 0 fully saturated rings. The molecule has 0 unspecified atom stereocenters. The van der Waals surface area contributed by atoms with Crippen molar-refractivity contribution in [1.29, 1.82) is 0 Å². The minimum absolute atomic E-state index is 0.314. The van der Waals surface area contributed by atoms with E-state index in [1.807, 2.05) is 19.1 Å². The Kier molecular flexibility index (Phi) is 2.33. The van der Waals surface area contributed by atoms with Crippen molar-refractivity contribution in [3.05, 3.63) is 28.3 Å². The van der Waals surface area contributed by atoms with Crippen molar-refractivity contribution in [2.24, 2.45) is 0 Å². The zero-order chi connectivity index (χ0) is 12.0. The van der Waals surface area contributed by atoms with Gasteiger partial charge in [0.15, 0.2) is 11.5 Å². The first-order valence-electron chi connectivity index (χ1n) is 5.50. The first-order valence-corrected chi connectivity index (χ1v) is 6.31. The van der Waals surface area contributed by atoms with Crippen LogP contribution in [0.1, 0.15) is 16.1 Å². The Hall–Kier alpha value is -1.55. The third kappa shape index (κ3) is 1.69. The molecule has 2 heterocycles. The van der Waals surface area contributed by atoms with Gasteiger partial charge >= 0.3 is 0 Å². The molecular formula is C13H13NO2S. The lowest BCUT2D eigenvalue weighted by Gasteiger charge is -2.04. The van der Waals surface area contributed by atoms with E-state index in [1.165, 1.54) is 10.4 Å². The molecule has 0 N–H and O–H groups in total. The summed E-state index contributed by atoms with van der Waals surface area (Å²) in [7, 11) is 0.